The van der Waals surface area contributed by atoms with Crippen molar-refractivity contribution in [2.24, 2.45) is 0 Å². The van der Waals surface area contributed by atoms with Gasteiger partial charge in [0.05, 0.1) is 19.3 Å². The van der Waals surface area contributed by atoms with Crippen LogP contribution in [0.1, 0.15) is 54.4 Å². The van der Waals surface area contributed by atoms with Gasteiger partial charge in [-0.3, -0.25) is 0 Å². The van der Waals surface area contributed by atoms with Gasteiger partial charge in [-0.2, -0.15) is 0 Å². The Kier molecular flexibility index (Phi) is 7.63. The van der Waals surface area contributed by atoms with E-state index in [4.69, 9.17) is 14.2 Å². The van der Waals surface area contributed by atoms with Gasteiger partial charge >= 0.3 is 5.97 Å². The number of hydrogen-bond donors (Lipinski definition) is 0. The summed E-state index contributed by atoms with van der Waals surface area (Å²) in [5.74, 6) is -2.49. The highest BCUT2D eigenvalue weighted by molar-refractivity contribution is 5.90. The van der Waals surface area contributed by atoms with Crippen molar-refractivity contribution in [3.8, 4) is 22.6 Å². The summed E-state index contributed by atoms with van der Waals surface area (Å²) < 4.78 is 59.9. The van der Waals surface area contributed by atoms with Crippen LogP contribution in [0.25, 0.3) is 11.1 Å². The van der Waals surface area contributed by atoms with E-state index in [0.29, 0.717) is 54.9 Å². The summed E-state index contributed by atoms with van der Waals surface area (Å²) >= 11 is 0. The van der Waals surface area contributed by atoms with Crippen molar-refractivity contribution in [2.45, 2.75) is 44.6 Å². The Hall–Kier alpha value is -3.48. The van der Waals surface area contributed by atoms with Crippen molar-refractivity contribution >= 4 is 5.97 Å². The van der Waals surface area contributed by atoms with Gasteiger partial charge in [0.2, 0.25) is 0 Å². The predicted octanol–water partition coefficient (Wildman–Crippen LogP) is 7.06. The zero-order valence-corrected chi connectivity index (χ0v) is 19.7. The van der Waals surface area contributed by atoms with Crippen LogP contribution < -0.4 is 9.47 Å². The first kappa shape index (κ1) is 24.6. The van der Waals surface area contributed by atoms with Crippen LogP contribution in [0.2, 0.25) is 0 Å². The van der Waals surface area contributed by atoms with E-state index in [-0.39, 0.29) is 17.3 Å². The molecule has 4 nitrogen and oxygen atoms in total. The summed E-state index contributed by atoms with van der Waals surface area (Å²) in [6, 6.07) is 14.0. The number of ether oxygens (including phenoxy) is 3. The Balaban J connectivity index is 1.39. The van der Waals surface area contributed by atoms with Crippen LogP contribution >= 0.6 is 0 Å². The standard InChI is InChI=1S/C28H27F3O4/c1-3-34-21-12-13-22(25(29)16-21)17-6-10-20(11-7-17)35-28(32)24-15-14-23(26(30)27(24)31)18-4-8-19(33-2)9-5-18/h4-5,8-9,12-17,20H,3,6-7,10-11H2,1-2H3. The van der Waals surface area contributed by atoms with E-state index in [0.717, 1.165) is 0 Å². The zero-order valence-electron chi connectivity index (χ0n) is 19.7. The van der Waals surface area contributed by atoms with E-state index in [9.17, 15) is 18.0 Å². The van der Waals surface area contributed by atoms with E-state index < -0.39 is 29.3 Å². The second-order valence-electron chi connectivity index (χ2n) is 8.51. The molecule has 7 heteroatoms. The van der Waals surface area contributed by atoms with Crippen molar-refractivity contribution in [1.29, 1.82) is 0 Å². The van der Waals surface area contributed by atoms with Gasteiger partial charge in [0.25, 0.3) is 0 Å². The molecule has 0 aromatic heterocycles. The van der Waals surface area contributed by atoms with Crippen LogP contribution in [-0.2, 0) is 4.74 Å². The number of rotatable bonds is 7. The van der Waals surface area contributed by atoms with Gasteiger partial charge in [-0.25, -0.2) is 18.0 Å². The maximum atomic E-state index is 14.8. The first-order chi connectivity index (χ1) is 16.9. The molecule has 1 saturated carbocycles. The first-order valence-electron chi connectivity index (χ1n) is 11.7. The van der Waals surface area contributed by atoms with Crippen molar-refractivity contribution in [1.82, 2.24) is 0 Å². The molecule has 35 heavy (non-hydrogen) atoms. The number of halogens is 3. The van der Waals surface area contributed by atoms with E-state index in [1.54, 1.807) is 36.4 Å². The van der Waals surface area contributed by atoms with E-state index in [1.807, 2.05) is 6.92 Å². The van der Waals surface area contributed by atoms with Gasteiger partial charge < -0.3 is 14.2 Å². The molecule has 0 radical (unpaired) electrons. The number of carbonyl (C=O) groups is 1. The van der Waals surface area contributed by atoms with Crippen molar-refractivity contribution < 1.29 is 32.2 Å². The Labute approximate surface area is 202 Å². The third-order valence-corrected chi connectivity index (χ3v) is 6.37. The summed E-state index contributed by atoms with van der Waals surface area (Å²) in [6.07, 6.45) is 1.83. The topological polar surface area (TPSA) is 44.8 Å². The SMILES string of the molecule is CCOc1ccc(C2CCC(OC(=O)c3ccc(-c4ccc(OC)cc4)c(F)c3F)CC2)c(F)c1. The molecule has 3 aromatic rings. The molecule has 0 amide bonds. The molecule has 184 valence electrons. The zero-order chi connectivity index (χ0) is 24.9. The largest absolute Gasteiger partial charge is 0.497 e. The second-order valence-corrected chi connectivity index (χ2v) is 8.51. The number of benzene rings is 3. The number of methoxy groups -OCH3 is 1. The predicted molar refractivity (Wildman–Crippen MR) is 126 cm³/mol. The Morgan fingerprint density at radius 3 is 2.20 bits per heavy atom. The summed E-state index contributed by atoms with van der Waals surface area (Å²) in [5, 5.41) is 0. The minimum atomic E-state index is -1.24. The summed E-state index contributed by atoms with van der Waals surface area (Å²) in [4.78, 5) is 12.6. The third kappa shape index (κ3) is 5.45. The minimum Gasteiger partial charge on any atom is -0.497 e. The molecule has 1 aliphatic rings. The van der Waals surface area contributed by atoms with Gasteiger partial charge in [-0.1, -0.05) is 24.3 Å². The monoisotopic (exact) mass is 484 g/mol. The number of hydrogen-bond acceptors (Lipinski definition) is 4. The van der Waals surface area contributed by atoms with Crippen molar-refractivity contribution in [2.75, 3.05) is 13.7 Å². The number of esters is 1. The molecule has 0 saturated heterocycles. The lowest BCUT2D eigenvalue weighted by molar-refractivity contribution is 0.0188. The van der Waals surface area contributed by atoms with Gasteiger partial charge in [0.1, 0.15) is 23.4 Å². The molecule has 3 aromatic carbocycles. The molecule has 0 heterocycles. The van der Waals surface area contributed by atoms with Crippen LogP contribution in [0.15, 0.2) is 54.6 Å². The van der Waals surface area contributed by atoms with Crippen LogP contribution in [-0.4, -0.2) is 25.8 Å². The molecule has 0 spiro atoms. The van der Waals surface area contributed by atoms with Crippen molar-refractivity contribution in [3.63, 3.8) is 0 Å². The average Bonchev–Trinajstić information content (AvgIpc) is 2.87. The highest BCUT2D eigenvalue weighted by atomic mass is 19.2. The number of carbonyl (C=O) groups excluding carboxylic acids is 1. The highest BCUT2D eigenvalue weighted by Gasteiger charge is 2.28. The summed E-state index contributed by atoms with van der Waals surface area (Å²) in [5.41, 5.74) is 0.668. The van der Waals surface area contributed by atoms with Crippen molar-refractivity contribution in [3.05, 3.63) is 83.2 Å². The average molecular weight is 485 g/mol. The normalized spacial score (nSPS) is 17.6. The van der Waals surface area contributed by atoms with Gasteiger partial charge in [-0.15, -0.1) is 0 Å². The lowest BCUT2D eigenvalue weighted by Crippen LogP contribution is -2.25. The smallest absolute Gasteiger partial charge is 0.341 e. The fraction of sp³-hybridized carbons (Fsp3) is 0.321. The maximum Gasteiger partial charge on any atom is 0.341 e. The quantitative estimate of drug-likeness (QED) is 0.337. The Bertz CT molecular complexity index is 1190. The molecule has 4 rings (SSSR count). The minimum absolute atomic E-state index is 0.00131. The molecule has 0 aliphatic heterocycles. The maximum absolute atomic E-state index is 14.8. The fourth-order valence-corrected chi connectivity index (χ4v) is 4.50. The second kappa shape index (κ2) is 10.8. The highest BCUT2D eigenvalue weighted by Crippen LogP contribution is 2.37. The van der Waals surface area contributed by atoms with E-state index in [2.05, 4.69) is 0 Å². The van der Waals surface area contributed by atoms with Gasteiger partial charge in [0, 0.05) is 11.6 Å². The first-order valence-corrected chi connectivity index (χ1v) is 11.7. The van der Waals surface area contributed by atoms with E-state index in [1.165, 1.54) is 25.3 Å². The summed E-state index contributed by atoms with van der Waals surface area (Å²) in [7, 11) is 1.51. The third-order valence-electron chi connectivity index (χ3n) is 6.37. The lowest BCUT2D eigenvalue weighted by atomic mass is 9.82. The fourth-order valence-electron chi connectivity index (χ4n) is 4.50. The van der Waals surface area contributed by atoms with E-state index >= 15 is 0 Å². The lowest BCUT2D eigenvalue weighted by Gasteiger charge is -2.29. The summed E-state index contributed by atoms with van der Waals surface area (Å²) in [6.45, 7) is 2.30. The molecular weight excluding hydrogens is 457 g/mol. The molecular formula is C28H27F3O4. The molecule has 1 fully saturated rings. The van der Waals surface area contributed by atoms with Crippen LogP contribution in [0.3, 0.4) is 0 Å². The van der Waals surface area contributed by atoms with Gasteiger partial charge in [0.15, 0.2) is 11.6 Å². The molecule has 0 N–H and O–H groups in total. The molecule has 0 bridgehead atoms. The van der Waals surface area contributed by atoms with Gasteiger partial charge in [-0.05, 0) is 73.9 Å². The Morgan fingerprint density at radius 1 is 0.886 bits per heavy atom. The Morgan fingerprint density at radius 2 is 1.57 bits per heavy atom. The van der Waals surface area contributed by atoms with Crippen LogP contribution in [0.5, 0.6) is 11.5 Å². The van der Waals surface area contributed by atoms with Crippen LogP contribution in [0.4, 0.5) is 13.2 Å². The molecule has 0 atom stereocenters. The molecule has 0 unspecified atom stereocenters. The molecule has 1 aliphatic carbocycles. The van der Waals surface area contributed by atoms with Crippen LogP contribution in [0, 0.1) is 17.5 Å².